The topological polar surface area (TPSA) is 0 Å². The van der Waals surface area contributed by atoms with Crippen LogP contribution in [0, 0.1) is 6.92 Å². The van der Waals surface area contributed by atoms with Gasteiger partial charge in [-0.25, -0.2) is 0 Å². The molecular weight excluding hydrogens is 276 g/mol. The molecule has 0 fully saturated rings. The molecule has 21 heavy (non-hydrogen) atoms. The molecule has 1 heteroatoms. The van der Waals surface area contributed by atoms with Gasteiger partial charge in [0.25, 0.3) is 0 Å². The molecular formula is C20H17Cl. The van der Waals surface area contributed by atoms with Crippen molar-refractivity contribution in [1.82, 2.24) is 0 Å². The Balaban J connectivity index is 0.000000143. The van der Waals surface area contributed by atoms with Crippen LogP contribution >= 0.6 is 11.6 Å². The molecule has 0 atom stereocenters. The number of aryl methyl sites for hydroxylation is 1. The first kappa shape index (κ1) is 13.9. The maximum Gasteiger partial charge on any atom is 0.0435 e. The second-order valence-electron chi connectivity index (χ2n) is 5.24. The van der Waals surface area contributed by atoms with Crippen molar-refractivity contribution in [2.24, 2.45) is 0 Å². The minimum absolute atomic E-state index is 0.840. The van der Waals surface area contributed by atoms with Gasteiger partial charge in [0.15, 0.2) is 0 Å². The van der Waals surface area contributed by atoms with Gasteiger partial charge >= 0.3 is 0 Å². The molecule has 0 unspecified atom stereocenters. The fourth-order valence-corrected chi connectivity index (χ4v) is 2.77. The summed E-state index contributed by atoms with van der Waals surface area (Å²) in [5.74, 6) is 0. The van der Waals surface area contributed by atoms with E-state index in [1.54, 1.807) is 0 Å². The van der Waals surface area contributed by atoms with Crippen LogP contribution in [0.2, 0.25) is 5.02 Å². The summed E-state index contributed by atoms with van der Waals surface area (Å²) in [6.07, 6.45) is 1.10. The average Bonchev–Trinajstić information content (AvgIpc) is 2.90. The van der Waals surface area contributed by atoms with Gasteiger partial charge in [0.2, 0.25) is 0 Å². The number of hydrogen-bond acceptors (Lipinski definition) is 0. The number of fused-ring (bicyclic) bond motifs is 3. The van der Waals surface area contributed by atoms with Crippen molar-refractivity contribution in [3.63, 3.8) is 0 Å². The lowest BCUT2D eigenvalue weighted by Gasteiger charge is -1.98. The Morgan fingerprint density at radius 1 is 0.667 bits per heavy atom. The van der Waals surface area contributed by atoms with E-state index in [4.69, 9.17) is 11.6 Å². The van der Waals surface area contributed by atoms with Gasteiger partial charge in [-0.15, -0.1) is 0 Å². The van der Waals surface area contributed by atoms with Crippen LogP contribution < -0.4 is 0 Å². The summed E-state index contributed by atoms with van der Waals surface area (Å²) < 4.78 is 0. The molecule has 0 aromatic heterocycles. The standard InChI is InChI=1S/C13H10.C7H7Cl/c1-3-7-12-10(5-1)9-11-6-2-4-8-13(11)12;1-6-4-2-3-5-7(6)8/h1-8H,9H2;2-5H,1H3. The largest absolute Gasteiger partial charge is 0.0841 e. The molecule has 0 radical (unpaired) electrons. The Morgan fingerprint density at radius 3 is 1.62 bits per heavy atom. The predicted octanol–water partition coefficient (Wildman–Crippen LogP) is 5.91. The van der Waals surface area contributed by atoms with Crippen LogP contribution in [0.3, 0.4) is 0 Å². The Hall–Kier alpha value is -2.05. The molecule has 0 bridgehead atoms. The Bertz CT molecular complexity index is 695. The molecule has 1 aliphatic carbocycles. The van der Waals surface area contributed by atoms with Crippen LogP contribution in [0.15, 0.2) is 72.8 Å². The van der Waals surface area contributed by atoms with E-state index in [-0.39, 0.29) is 0 Å². The van der Waals surface area contributed by atoms with Crippen molar-refractivity contribution in [3.8, 4) is 11.1 Å². The number of rotatable bonds is 0. The van der Waals surface area contributed by atoms with Crippen molar-refractivity contribution in [2.75, 3.05) is 0 Å². The van der Waals surface area contributed by atoms with Crippen LogP contribution in [0.25, 0.3) is 11.1 Å². The number of benzene rings is 3. The van der Waals surface area contributed by atoms with Crippen LogP contribution in [0.1, 0.15) is 16.7 Å². The predicted molar refractivity (Wildman–Crippen MR) is 90.9 cm³/mol. The Morgan fingerprint density at radius 2 is 1.14 bits per heavy atom. The maximum atomic E-state index is 5.71. The second kappa shape index (κ2) is 6.15. The molecule has 0 heterocycles. The lowest BCUT2D eigenvalue weighted by molar-refractivity contribution is 1.26. The third kappa shape index (κ3) is 3.01. The van der Waals surface area contributed by atoms with Gasteiger partial charge in [0, 0.05) is 5.02 Å². The third-order valence-electron chi connectivity index (χ3n) is 3.78. The monoisotopic (exact) mass is 292 g/mol. The summed E-state index contributed by atoms with van der Waals surface area (Å²) in [6.45, 7) is 1.99. The summed E-state index contributed by atoms with van der Waals surface area (Å²) in [5.41, 5.74) is 6.89. The molecule has 0 spiro atoms. The van der Waals surface area contributed by atoms with Crippen molar-refractivity contribution in [3.05, 3.63) is 94.5 Å². The van der Waals surface area contributed by atoms with E-state index in [0.29, 0.717) is 0 Å². The zero-order valence-electron chi connectivity index (χ0n) is 12.0. The smallest absolute Gasteiger partial charge is 0.0435 e. The van der Waals surface area contributed by atoms with E-state index in [1.165, 1.54) is 22.3 Å². The molecule has 3 aromatic rings. The lowest BCUT2D eigenvalue weighted by Crippen LogP contribution is -1.77. The molecule has 0 N–H and O–H groups in total. The summed E-state index contributed by atoms with van der Waals surface area (Å²) >= 11 is 5.71. The van der Waals surface area contributed by atoms with Gasteiger partial charge in [-0.2, -0.15) is 0 Å². The van der Waals surface area contributed by atoms with E-state index in [2.05, 4.69) is 48.5 Å². The van der Waals surface area contributed by atoms with Crippen LogP contribution in [0.4, 0.5) is 0 Å². The molecule has 4 rings (SSSR count). The summed E-state index contributed by atoms with van der Waals surface area (Å²) in [7, 11) is 0. The van der Waals surface area contributed by atoms with Crippen LogP contribution in [-0.2, 0) is 6.42 Å². The van der Waals surface area contributed by atoms with Gasteiger partial charge < -0.3 is 0 Å². The van der Waals surface area contributed by atoms with E-state index in [1.807, 2.05) is 31.2 Å². The molecule has 0 nitrogen and oxygen atoms in total. The number of halogens is 1. The van der Waals surface area contributed by atoms with E-state index >= 15 is 0 Å². The summed E-state index contributed by atoms with van der Waals surface area (Å²) in [6, 6.07) is 25.1. The van der Waals surface area contributed by atoms with Crippen LogP contribution in [0.5, 0.6) is 0 Å². The highest BCUT2D eigenvalue weighted by Crippen LogP contribution is 2.35. The summed E-state index contributed by atoms with van der Waals surface area (Å²) in [5, 5.41) is 0.840. The van der Waals surface area contributed by atoms with Gasteiger partial charge in [-0.3, -0.25) is 0 Å². The van der Waals surface area contributed by atoms with Crippen LogP contribution in [-0.4, -0.2) is 0 Å². The Labute approximate surface area is 131 Å². The third-order valence-corrected chi connectivity index (χ3v) is 4.21. The zero-order valence-corrected chi connectivity index (χ0v) is 12.8. The van der Waals surface area contributed by atoms with Crippen molar-refractivity contribution in [1.29, 1.82) is 0 Å². The summed E-state index contributed by atoms with van der Waals surface area (Å²) in [4.78, 5) is 0. The molecule has 0 saturated heterocycles. The highest BCUT2D eigenvalue weighted by molar-refractivity contribution is 6.31. The quantitative estimate of drug-likeness (QED) is 0.378. The Kier molecular flexibility index (Phi) is 4.08. The first-order valence-corrected chi connectivity index (χ1v) is 7.51. The van der Waals surface area contributed by atoms with Gasteiger partial charge in [-0.05, 0) is 47.2 Å². The second-order valence-corrected chi connectivity index (χ2v) is 5.65. The molecule has 0 aliphatic heterocycles. The molecule has 0 saturated carbocycles. The van der Waals surface area contributed by atoms with E-state index in [0.717, 1.165) is 17.0 Å². The van der Waals surface area contributed by atoms with E-state index in [9.17, 15) is 0 Å². The molecule has 3 aromatic carbocycles. The van der Waals surface area contributed by atoms with Crippen molar-refractivity contribution < 1.29 is 0 Å². The van der Waals surface area contributed by atoms with Crippen molar-refractivity contribution in [2.45, 2.75) is 13.3 Å². The van der Waals surface area contributed by atoms with E-state index < -0.39 is 0 Å². The minimum atomic E-state index is 0.840. The fourth-order valence-electron chi connectivity index (χ4n) is 2.63. The average molecular weight is 293 g/mol. The maximum absolute atomic E-state index is 5.71. The molecule has 0 amide bonds. The normalized spacial score (nSPS) is 11.1. The SMILES string of the molecule is Cc1ccccc1Cl.c1ccc2c(c1)Cc1ccccc1-2. The van der Waals surface area contributed by atoms with Crippen molar-refractivity contribution >= 4 is 11.6 Å². The highest BCUT2D eigenvalue weighted by atomic mass is 35.5. The number of hydrogen-bond donors (Lipinski definition) is 0. The lowest BCUT2D eigenvalue weighted by atomic mass is 10.1. The van der Waals surface area contributed by atoms with Gasteiger partial charge in [0.1, 0.15) is 0 Å². The zero-order chi connectivity index (χ0) is 14.7. The highest BCUT2D eigenvalue weighted by Gasteiger charge is 2.15. The first-order valence-electron chi connectivity index (χ1n) is 7.13. The van der Waals surface area contributed by atoms with Gasteiger partial charge in [0.05, 0.1) is 0 Å². The fraction of sp³-hybridized carbons (Fsp3) is 0.100. The first-order chi connectivity index (χ1) is 10.3. The van der Waals surface area contributed by atoms with Gasteiger partial charge in [-0.1, -0.05) is 78.3 Å². The molecule has 104 valence electrons. The molecule has 1 aliphatic rings. The minimum Gasteiger partial charge on any atom is -0.0841 e.